The Morgan fingerprint density at radius 1 is 1.39 bits per heavy atom. The summed E-state index contributed by atoms with van der Waals surface area (Å²) in [6.45, 7) is 5.25. The molecule has 0 radical (unpaired) electrons. The molecule has 1 heterocycles. The van der Waals surface area contributed by atoms with Crippen LogP contribution < -0.4 is 11.3 Å². The van der Waals surface area contributed by atoms with Gasteiger partial charge >= 0.3 is 0 Å². The zero-order chi connectivity index (χ0) is 13.0. The smallest absolute Gasteiger partial charge is 0.0591 e. The molecule has 1 saturated heterocycles. The van der Waals surface area contributed by atoms with Gasteiger partial charge in [0, 0.05) is 12.6 Å². The third-order valence-corrected chi connectivity index (χ3v) is 3.90. The van der Waals surface area contributed by atoms with Crippen molar-refractivity contribution < 1.29 is 4.74 Å². The van der Waals surface area contributed by atoms with E-state index in [1.807, 2.05) is 0 Å². The van der Waals surface area contributed by atoms with Crippen LogP contribution in [0.25, 0.3) is 0 Å². The van der Waals surface area contributed by atoms with Crippen LogP contribution >= 0.6 is 0 Å². The average Bonchev–Trinajstić information content (AvgIpc) is 2.85. The number of rotatable bonds is 5. The van der Waals surface area contributed by atoms with Crippen LogP contribution in [-0.4, -0.2) is 18.8 Å². The molecule has 1 aliphatic heterocycles. The van der Waals surface area contributed by atoms with Crippen molar-refractivity contribution in [2.45, 2.75) is 51.7 Å². The van der Waals surface area contributed by atoms with Crippen LogP contribution in [0.1, 0.15) is 36.0 Å². The molecular formula is C15H24N2O. The zero-order valence-corrected chi connectivity index (χ0v) is 11.4. The summed E-state index contributed by atoms with van der Waals surface area (Å²) in [6.07, 6.45) is 4.73. The first-order chi connectivity index (χ1) is 8.70. The fraction of sp³-hybridized carbons (Fsp3) is 0.600. The van der Waals surface area contributed by atoms with Crippen LogP contribution in [-0.2, 0) is 11.2 Å². The number of nitrogens with one attached hydrogen (secondary N) is 1. The predicted molar refractivity (Wildman–Crippen MR) is 74.3 cm³/mol. The lowest BCUT2D eigenvalue weighted by atomic mass is 9.94. The summed E-state index contributed by atoms with van der Waals surface area (Å²) in [5.41, 5.74) is 7.07. The van der Waals surface area contributed by atoms with E-state index in [1.54, 1.807) is 0 Å². The van der Waals surface area contributed by atoms with E-state index in [0.29, 0.717) is 12.1 Å². The molecule has 18 heavy (non-hydrogen) atoms. The molecule has 0 aromatic heterocycles. The normalized spacial score (nSPS) is 21.2. The van der Waals surface area contributed by atoms with Gasteiger partial charge in [-0.1, -0.05) is 18.2 Å². The van der Waals surface area contributed by atoms with E-state index in [2.05, 4.69) is 37.5 Å². The van der Waals surface area contributed by atoms with Gasteiger partial charge in [0.05, 0.1) is 6.10 Å². The van der Waals surface area contributed by atoms with Crippen molar-refractivity contribution in [1.29, 1.82) is 0 Å². The molecule has 1 aromatic rings. The summed E-state index contributed by atoms with van der Waals surface area (Å²) in [7, 11) is 0. The van der Waals surface area contributed by atoms with Gasteiger partial charge in [-0.3, -0.25) is 11.3 Å². The Morgan fingerprint density at radius 3 is 2.67 bits per heavy atom. The summed E-state index contributed by atoms with van der Waals surface area (Å²) in [4.78, 5) is 0. The highest BCUT2D eigenvalue weighted by atomic mass is 16.5. The summed E-state index contributed by atoms with van der Waals surface area (Å²) < 4.78 is 5.69. The standard InChI is InChI=1S/C15H24N2O/c1-11-5-3-6-12(2)15(11)10-13(17-16)9-14-7-4-8-18-14/h3,5-6,13-14,17H,4,7-10,16H2,1-2H3. The van der Waals surface area contributed by atoms with Crippen LogP contribution in [0.5, 0.6) is 0 Å². The largest absolute Gasteiger partial charge is 0.378 e. The topological polar surface area (TPSA) is 47.3 Å². The SMILES string of the molecule is Cc1cccc(C)c1CC(CC1CCCO1)NN. The second kappa shape index (κ2) is 6.32. The van der Waals surface area contributed by atoms with Gasteiger partial charge in [-0.15, -0.1) is 0 Å². The van der Waals surface area contributed by atoms with Crippen LogP contribution in [0.2, 0.25) is 0 Å². The van der Waals surface area contributed by atoms with Crippen molar-refractivity contribution in [2.24, 2.45) is 5.84 Å². The molecule has 100 valence electrons. The minimum absolute atomic E-state index is 0.299. The van der Waals surface area contributed by atoms with Crippen LogP contribution in [0.4, 0.5) is 0 Å². The Kier molecular flexibility index (Phi) is 4.75. The summed E-state index contributed by atoms with van der Waals surface area (Å²) in [6, 6.07) is 6.75. The minimum atomic E-state index is 0.299. The maximum absolute atomic E-state index is 5.69. The summed E-state index contributed by atoms with van der Waals surface area (Å²) in [5, 5.41) is 0. The lowest BCUT2D eigenvalue weighted by Crippen LogP contribution is -2.39. The number of ether oxygens (including phenoxy) is 1. The Labute approximate surface area is 110 Å². The fourth-order valence-electron chi connectivity index (χ4n) is 2.78. The highest BCUT2D eigenvalue weighted by Gasteiger charge is 2.21. The molecular weight excluding hydrogens is 224 g/mol. The third kappa shape index (κ3) is 3.31. The number of aryl methyl sites for hydroxylation is 2. The van der Waals surface area contributed by atoms with Gasteiger partial charge in [-0.2, -0.15) is 0 Å². The number of hydrogen-bond donors (Lipinski definition) is 2. The number of nitrogens with two attached hydrogens (primary N) is 1. The van der Waals surface area contributed by atoms with Crippen molar-refractivity contribution in [3.8, 4) is 0 Å². The van der Waals surface area contributed by atoms with E-state index >= 15 is 0 Å². The van der Waals surface area contributed by atoms with Gasteiger partial charge in [-0.25, -0.2) is 0 Å². The summed E-state index contributed by atoms with van der Waals surface area (Å²) >= 11 is 0. The monoisotopic (exact) mass is 248 g/mol. The van der Waals surface area contributed by atoms with E-state index in [9.17, 15) is 0 Å². The zero-order valence-electron chi connectivity index (χ0n) is 11.4. The number of hydrazine groups is 1. The van der Waals surface area contributed by atoms with E-state index < -0.39 is 0 Å². The lowest BCUT2D eigenvalue weighted by molar-refractivity contribution is 0.0945. The third-order valence-electron chi connectivity index (χ3n) is 3.90. The van der Waals surface area contributed by atoms with E-state index in [4.69, 9.17) is 10.6 Å². The second-order valence-corrected chi connectivity index (χ2v) is 5.31. The fourth-order valence-corrected chi connectivity index (χ4v) is 2.78. The van der Waals surface area contributed by atoms with Crippen molar-refractivity contribution >= 4 is 0 Å². The maximum Gasteiger partial charge on any atom is 0.0591 e. The van der Waals surface area contributed by atoms with Gasteiger partial charge in [0.15, 0.2) is 0 Å². The van der Waals surface area contributed by atoms with Crippen LogP contribution in [0.3, 0.4) is 0 Å². The molecule has 3 N–H and O–H groups in total. The van der Waals surface area contributed by atoms with Gasteiger partial charge in [0.25, 0.3) is 0 Å². The van der Waals surface area contributed by atoms with Gasteiger partial charge < -0.3 is 4.74 Å². The van der Waals surface area contributed by atoms with Crippen LogP contribution in [0, 0.1) is 13.8 Å². The minimum Gasteiger partial charge on any atom is -0.378 e. The Morgan fingerprint density at radius 2 is 2.11 bits per heavy atom. The highest BCUT2D eigenvalue weighted by Crippen LogP contribution is 2.21. The first-order valence-corrected chi connectivity index (χ1v) is 6.83. The highest BCUT2D eigenvalue weighted by molar-refractivity contribution is 5.34. The molecule has 3 nitrogen and oxygen atoms in total. The van der Waals surface area contributed by atoms with Crippen molar-refractivity contribution in [3.63, 3.8) is 0 Å². The Balaban J connectivity index is 2.00. The molecule has 0 spiro atoms. The molecule has 0 aliphatic carbocycles. The summed E-state index contributed by atoms with van der Waals surface area (Å²) in [5.74, 6) is 5.69. The molecule has 0 amide bonds. The molecule has 2 unspecified atom stereocenters. The van der Waals surface area contributed by atoms with Crippen molar-refractivity contribution in [2.75, 3.05) is 6.61 Å². The molecule has 1 fully saturated rings. The van der Waals surface area contributed by atoms with Crippen molar-refractivity contribution in [1.82, 2.24) is 5.43 Å². The second-order valence-electron chi connectivity index (χ2n) is 5.31. The van der Waals surface area contributed by atoms with Crippen LogP contribution in [0.15, 0.2) is 18.2 Å². The van der Waals surface area contributed by atoms with Gasteiger partial charge in [0.2, 0.25) is 0 Å². The number of hydrogen-bond acceptors (Lipinski definition) is 3. The molecule has 2 rings (SSSR count). The quantitative estimate of drug-likeness (QED) is 0.620. The maximum atomic E-state index is 5.69. The van der Waals surface area contributed by atoms with E-state index in [-0.39, 0.29) is 0 Å². The molecule has 1 aromatic carbocycles. The Bertz CT molecular complexity index is 366. The molecule has 3 heteroatoms. The van der Waals surface area contributed by atoms with Crippen molar-refractivity contribution in [3.05, 3.63) is 34.9 Å². The molecule has 0 bridgehead atoms. The Hall–Kier alpha value is -0.900. The molecule has 2 atom stereocenters. The number of benzene rings is 1. The average molecular weight is 248 g/mol. The predicted octanol–water partition coefficient (Wildman–Crippen LogP) is 2.25. The van der Waals surface area contributed by atoms with Gasteiger partial charge in [0.1, 0.15) is 0 Å². The lowest BCUT2D eigenvalue weighted by Gasteiger charge is -2.21. The van der Waals surface area contributed by atoms with E-state index in [1.165, 1.54) is 29.5 Å². The van der Waals surface area contributed by atoms with Gasteiger partial charge in [-0.05, 0) is 56.2 Å². The first kappa shape index (κ1) is 13.5. The first-order valence-electron chi connectivity index (χ1n) is 6.83. The van der Waals surface area contributed by atoms with E-state index in [0.717, 1.165) is 19.4 Å². The molecule has 1 aliphatic rings. The molecule has 0 saturated carbocycles.